The van der Waals surface area contributed by atoms with Crippen LogP contribution in [0.5, 0.6) is 0 Å². The van der Waals surface area contributed by atoms with Gasteiger partial charge in [0.25, 0.3) is 0 Å². The van der Waals surface area contributed by atoms with Crippen LogP contribution in [0.4, 0.5) is 0 Å². The van der Waals surface area contributed by atoms with Gasteiger partial charge in [0.15, 0.2) is 0 Å². The van der Waals surface area contributed by atoms with Gasteiger partial charge in [-0.15, -0.1) is 0 Å². The molecule has 1 aliphatic rings. The molecule has 0 bridgehead atoms. The Labute approximate surface area is 89.5 Å². The van der Waals surface area contributed by atoms with Crippen LogP contribution in [0.3, 0.4) is 0 Å². The zero-order valence-electron chi connectivity index (χ0n) is 8.98. The lowest BCUT2D eigenvalue weighted by Gasteiger charge is -2.28. The van der Waals surface area contributed by atoms with Crippen LogP contribution in [0, 0.1) is 5.92 Å². The van der Waals surface area contributed by atoms with Gasteiger partial charge < -0.3 is 0 Å². The summed E-state index contributed by atoms with van der Waals surface area (Å²) in [4.78, 5) is 27.9. The normalized spacial score (nSPS) is 27.3. The van der Waals surface area contributed by atoms with Crippen LogP contribution in [-0.2, 0) is 9.59 Å². The Bertz CT molecular complexity index is 283. The van der Waals surface area contributed by atoms with Gasteiger partial charge in [0.05, 0.1) is 12.1 Å². The molecule has 0 spiro atoms. The lowest BCUT2D eigenvalue weighted by atomic mass is 9.81. The summed E-state index contributed by atoms with van der Waals surface area (Å²) in [6.07, 6.45) is 7.91. The van der Waals surface area contributed by atoms with Gasteiger partial charge in [-0.05, 0) is 38.0 Å². The third kappa shape index (κ3) is 3.43. The molecule has 15 heavy (non-hydrogen) atoms. The van der Waals surface area contributed by atoms with E-state index >= 15 is 0 Å². The largest absolute Gasteiger partial charge is 0.235 e. The lowest BCUT2D eigenvalue weighted by Crippen LogP contribution is -2.25. The van der Waals surface area contributed by atoms with Crippen molar-refractivity contribution >= 4 is 12.2 Å². The summed E-state index contributed by atoms with van der Waals surface area (Å²) in [6.45, 7) is 2.03. The number of carbonyl (C=O) groups excluding carboxylic acids is 2. The first-order valence-corrected chi connectivity index (χ1v) is 5.45. The molecule has 0 N–H and O–H groups in total. The molecule has 4 nitrogen and oxygen atoms in total. The molecule has 1 unspecified atom stereocenters. The van der Waals surface area contributed by atoms with Crippen molar-refractivity contribution in [3.8, 4) is 0 Å². The van der Waals surface area contributed by atoms with Gasteiger partial charge in [-0.3, -0.25) is 0 Å². The summed E-state index contributed by atoms with van der Waals surface area (Å²) in [6, 6.07) is 0.236. The van der Waals surface area contributed by atoms with Crippen molar-refractivity contribution in [3.63, 3.8) is 0 Å². The molecule has 0 aromatic carbocycles. The Kier molecular flexibility index (Phi) is 4.96. The Balaban J connectivity index is 2.48. The van der Waals surface area contributed by atoms with E-state index < -0.39 is 0 Å². The molecule has 4 heteroatoms. The predicted molar refractivity (Wildman–Crippen MR) is 56.1 cm³/mol. The topological polar surface area (TPSA) is 58.9 Å². The third-order valence-electron chi connectivity index (χ3n) is 3.16. The number of nitrogens with zero attached hydrogens (tertiary/aromatic N) is 2. The highest BCUT2D eigenvalue weighted by Gasteiger charge is 2.26. The van der Waals surface area contributed by atoms with Gasteiger partial charge in [-0.1, -0.05) is 6.92 Å². The molecule has 1 aliphatic carbocycles. The molecule has 0 aromatic heterocycles. The fourth-order valence-electron chi connectivity index (χ4n) is 2.29. The number of hydrogen-bond acceptors (Lipinski definition) is 4. The number of isocyanates is 2. The number of hydrogen-bond donors (Lipinski definition) is 0. The van der Waals surface area contributed by atoms with E-state index in [1.807, 2.05) is 6.92 Å². The van der Waals surface area contributed by atoms with Gasteiger partial charge in [0.1, 0.15) is 0 Å². The zero-order valence-corrected chi connectivity index (χ0v) is 8.98. The van der Waals surface area contributed by atoms with Crippen molar-refractivity contribution in [2.24, 2.45) is 15.9 Å². The Hall–Kier alpha value is -1.24. The average Bonchev–Trinajstić information content (AvgIpc) is 2.28. The summed E-state index contributed by atoms with van der Waals surface area (Å²) in [5.41, 5.74) is 0. The Morgan fingerprint density at radius 2 is 1.87 bits per heavy atom. The molecule has 0 saturated heterocycles. The zero-order chi connectivity index (χ0) is 11.1. The molecule has 1 fully saturated rings. The number of aliphatic imine (C=N–C) groups is 2. The van der Waals surface area contributed by atoms with Crippen LogP contribution < -0.4 is 0 Å². The molecule has 0 aromatic rings. The SMILES string of the molecule is CCC(N=C=O)C1CCC(N=C=O)CC1. The van der Waals surface area contributed by atoms with Gasteiger partial charge >= 0.3 is 0 Å². The molecule has 0 radical (unpaired) electrons. The van der Waals surface area contributed by atoms with Gasteiger partial charge in [-0.2, -0.15) is 0 Å². The molecule has 82 valence electrons. The first-order valence-electron chi connectivity index (χ1n) is 5.45. The van der Waals surface area contributed by atoms with Crippen LogP contribution in [0.15, 0.2) is 9.98 Å². The standard InChI is InChI=1S/C11H16N2O2/c1-2-11(13-8-15)9-3-5-10(6-4-9)12-7-14/h9-11H,2-6H2,1H3. The fourth-order valence-corrected chi connectivity index (χ4v) is 2.29. The van der Waals surface area contributed by atoms with Crippen molar-refractivity contribution in [1.82, 2.24) is 0 Å². The minimum Gasteiger partial charge on any atom is -0.211 e. The van der Waals surface area contributed by atoms with E-state index in [0.717, 1.165) is 32.1 Å². The quantitative estimate of drug-likeness (QED) is 0.524. The summed E-state index contributed by atoms with van der Waals surface area (Å²) >= 11 is 0. The second kappa shape index (κ2) is 6.28. The fraction of sp³-hybridized carbons (Fsp3) is 0.818. The van der Waals surface area contributed by atoms with E-state index in [0.29, 0.717) is 5.92 Å². The maximum atomic E-state index is 10.2. The van der Waals surface area contributed by atoms with Crippen molar-refractivity contribution in [3.05, 3.63) is 0 Å². The minimum atomic E-state index is 0.101. The van der Waals surface area contributed by atoms with Gasteiger partial charge in [0, 0.05) is 0 Å². The third-order valence-corrected chi connectivity index (χ3v) is 3.16. The van der Waals surface area contributed by atoms with Crippen molar-refractivity contribution in [1.29, 1.82) is 0 Å². The summed E-state index contributed by atoms with van der Waals surface area (Å²) in [5, 5.41) is 0. The Morgan fingerprint density at radius 3 is 2.33 bits per heavy atom. The van der Waals surface area contributed by atoms with Crippen LogP contribution in [-0.4, -0.2) is 24.2 Å². The summed E-state index contributed by atoms with van der Waals surface area (Å²) in [5.74, 6) is 0.453. The van der Waals surface area contributed by atoms with Crippen molar-refractivity contribution < 1.29 is 9.59 Å². The minimum absolute atomic E-state index is 0.101. The highest BCUT2D eigenvalue weighted by molar-refractivity contribution is 5.34. The Morgan fingerprint density at radius 1 is 1.20 bits per heavy atom. The van der Waals surface area contributed by atoms with E-state index in [1.54, 1.807) is 12.2 Å². The molecular weight excluding hydrogens is 192 g/mol. The molecule has 1 saturated carbocycles. The highest BCUT2D eigenvalue weighted by atomic mass is 16.1. The molecule has 0 aliphatic heterocycles. The average molecular weight is 208 g/mol. The van der Waals surface area contributed by atoms with Gasteiger partial charge in [0.2, 0.25) is 12.2 Å². The summed E-state index contributed by atoms with van der Waals surface area (Å²) in [7, 11) is 0. The molecule has 0 amide bonds. The van der Waals surface area contributed by atoms with E-state index in [4.69, 9.17) is 0 Å². The smallest absolute Gasteiger partial charge is 0.211 e. The summed E-state index contributed by atoms with van der Waals surface area (Å²) < 4.78 is 0. The predicted octanol–water partition coefficient (Wildman–Crippen LogP) is 2.00. The van der Waals surface area contributed by atoms with Crippen LogP contribution in [0.1, 0.15) is 39.0 Å². The van der Waals surface area contributed by atoms with Crippen molar-refractivity contribution in [2.45, 2.75) is 51.1 Å². The molecule has 1 atom stereocenters. The van der Waals surface area contributed by atoms with Crippen LogP contribution in [0.2, 0.25) is 0 Å². The maximum absolute atomic E-state index is 10.2. The molecule has 0 heterocycles. The van der Waals surface area contributed by atoms with Crippen LogP contribution in [0.25, 0.3) is 0 Å². The van der Waals surface area contributed by atoms with E-state index in [2.05, 4.69) is 9.98 Å². The second-order valence-corrected chi connectivity index (χ2v) is 3.98. The lowest BCUT2D eigenvalue weighted by molar-refractivity contribution is 0.279. The van der Waals surface area contributed by atoms with Gasteiger partial charge in [-0.25, -0.2) is 19.6 Å². The monoisotopic (exact) mass is 208 g/mol. The second-order valence-electron chi connectivity index (χ2n) is 3.98. The highest BCUT2D eigenvalue weighted by Crippen LogP contribution is 2.30. The first kappa shape index (κ1) is 11.8. The number of rotatable bonds is 4. The van der Waals surface area contributed by atoms with E-state index in [-0.39, 0.29) is 12.1 Å². The molecule has 1 rings (SSSR count). The maximum Gasteiger partial charge on any atom is 0.235 e. The molecular formula is C11H16N2O2. The van der Waals surface area contributed by atoms with E-state index in [9.17, 15) is 9.59 Å². The van der Waals surface area contributed by atoms with E-state index in [1.165, 1.54) is 0 Å². The van der Waals surface area contributed by atoms with Crippen LogP contribution >= 0.6 is 0 Å². The first-order chi connectivity index (χ1) is 7.31. The van der Waals surface area contributed by atoms with Crippen molar-refractivity contribution in [2.75, 3.05) is 0 Å².